The van der Waals surface area contributed by atoms with Crippen LogP contribution in [0.2, 0.25) is 0 Å². The molecule has 0 saturated carbocycles. The van der Waals surface area contributed by atoms with Crippen LogP contribution < -0.4 is 10.6 Å². The number of nitrogens with zero attached hydrogens (tertiary/aromatic N) is 2. The van der Waals surface area contributed by atoms with E-state index in [4.69, 9.17) is 0 Å². The Balaban J connectivity index is 1.85. The molecule has 0 unspecified atom stereocenters. The molecule has 2 N–H and O–H groups in total. The molecule has 138 valence electrons. The van der Waals surface area contributed by atoms with Gasteiger partial charge in [0.2, 0.25) is 5.91 Å². The van der Waals surface area contributed by atoms with Crippen LogP contribution in [0.25, 0.3) is 0 Å². The number of carbonyl (C=O) groups excluding carboxylic acids is 2. The van der Waals surface area contributed by atoms with Gasteiger partial charge < -0.3 is 10.6 Å². The highest BCUT2D eigenvalue weighted by Gasteiger charge is 2.15. The van der Waals surface area contributed by atoms with Crippen molar-refractivity contribution >= 4 is 39.5 Å². The van der Waals surface area contributed by atoms with Crippen LogP contribution in [-0.2, 0) is 11.3 Å². The normalized spacial score (nSPS) is 10.4. The van der Waals surface area contributed by atoms with Crippen molar-refractivity contribution in [3.05, 3.63) is 51.8 Å². The van der Waals surface area contributed by atoms with Crippen molar-refractivity contribution in [2.45, 2.75) is 32.0 Å². The Labute approximate surface area is 165 Å². The van der Waals surface area contributed by atoms with Gasteiger partial charge in [-0.15, -0.1) is 0 Å². The second-order valence-electron chi connectivity index (χ2n) is 5.64. The lowest BCUT2D eigenvalue weighted by molar-refractivity contribution is -0.120. The van der Waals surface area contributed by atoms with Crippen LogP contribution in [0.1, 0.15) is 35.0 Å². The van der Waals surface area contributed by atoms with Crippen LogP contribution in [0.5, 0.6) is 0 Å². The Kier molecular flexibility index (Phi) is 8.06. The SMILES string of the molecule is CCCSc1ncc(Br)c(C(=O)NCC(=O)NCc2ccc(C)cc2)n1. The summed E-state index contributed by atoms with van der Waals surface area (Å²) in [6, 6.07) is 7.90. The number of nitrogens with one attached hydrogen (secondary N) is 2. The minimum atomic E-state index is -0.414. The number of aromatic nitrogens is 2. The lowest BCUT2D eigenvalue weighted by Crippen LogP contribution is -2.37. The summed E-state index contributed by atoms with van der Waals surface area (Å²) < 4.78 is 0.496. The molecule has 0 aliphatic carbocycles. The van der Waals surface area contributed by atoms with Gasteiger partial charge in [0.25, 0.3) is 5.91 Å². The van der Waals surface area contributed by atoms with Crippen LogP contribution in [-0.4, -0.2) is 34.1 Å². The lowest BCUT2D eigenvalue weighted by Gasteiger charge is -2.08. The molecular formula is C18H21BrN4O2S. The Hall–Kier alpha value is -1.93. The van der Waals surface area contributed by atoms with Gasteiger partial charge in [-0.3, -0.25) is 9.59 Å². The molecule has 26 heavy (non-hydrogen) atoms. The predicted molar refractivity (Wildman–Crippen MR) is 106 cm³/mol. The van der Waals surface area contributed by atoms with E-state index in [-0.39, 0.29) is 18.1 Å². The minimum Gasteiger partial charge on any atom is -0.350 e. The Morgan fingerprint density at radius 2 is 1.92 bits per heavy atom. The van der Waals surface area contributed by atoms with E-state index in [0.717, 1.165) is 17.7 Å². The maximum absolute atomic E-state index is 12.3. The maximum Gasteiger partial charge on any atom is 0.271 e. The highest BCUT2D eigenvalue weighted by molar-refractivity contribution is 9.10. The lowest BCUT2D eigenvalue weighted by atomic mass is 10.1. The molecule has 0 aliphatic rings. The van der Waals surface area contributed by atoms with Crippen LogP contribution in [0.4, 0.5) is 0 Å². The third-order valence-corrected chi connectivity index (χ3v) is 5.04. The van der Waals surface area contributed by atoms with Crippen LogP contribution >= 0.6 is 27.7 Å². The summed E-state index contributed by atoms with van der Waals surface area (Å²) in [5.74, 6) is 0.206. The number of benzene rings is 1. The van der Waals surface area contributed by atoms with E-state index in [1.807, 2.05) is 31.2 Å². The largest absolute Gasteiger partial charge is 0.350 e. The summed E-state index contributed by atoms with van der Waals surface area (Å²) in [5.41, 5.74) is 2.40. The number of aryl methyl sites for hydroxylation is 1. The summed E-state index contributed by atoms with van der Waals surface area (Å²) in [5, 5.41) is 5.91. The first kappa shape index (κ1) is 20.4. The van der Waals surface area contributed by atoms with Gasteiger partial charge in [0.05, 0.1) is 11.0 Å². The van der Waals surface area contributed by atoms with Crippen molar-refractivity contribution in [3.8, 4) is 0 Å². The number of amides is 2. The molecule has 2 rings (SSSR count). The third-order valence-electron chi connectivity index (χ3n) is 3.39. The molecule has 2 amide bonds. The summed E-state index contributed by atoms with van der Waals surface area (Å²) in [7, 11) is 0. The number of hydrogen-bond acceptors (Lipinski definition) is 5. The topological polar surface area (TPSA) is 84.0 Å². The van der Waals surface area contributed by atoms with Gasteiger partial charge in [-0.05, 0) is 34.8 Å². The first-order valence-electron chi connectivity index (χ1n) is 8.25. The van der Waals surface area contributed by atoms with E-state index in [9.17, 15) is 9.59 Å². The summed E-state index contributed by atoms with van der Waals surface area (Å²) >= 11 is 4.77. The molecule has 1 heterocycles. The van der Waals surface area contributed by atoms with Gasteiger partial charge in [-0.2, -0.15) is 0 Å². The first-order chi connectivity index (χ1) is 12.5. The fourth-order valence-corrected chi connectivity index (χ4v) is 3.03. The van der Waals surface area contributed by atoms with Crippen molar-refractivity contribution in [2.24, 2.45) is 0 Å². The average Bonchev–Trinajstić information content (AvgIpc) is 2.65. The standard InChI is InChI=1S/C18H21BrN4O2S/c1-3-8-26-18-22-10-14(19)16(23-18)17(25)21-11-15(24)20-9-13-6-4-12(2)5-7-13/h4-7,10H,3,8-9,11H2,1-2H3,(H,20,24)(H,21,25). The van der Waals surface area contributed by atoms with E-state index < -0.39 is 5.91 Å². The van der Waals surface area contributed by atoms with Crippen molar-refractivity contribution < 1.29 is 9.59 Å². The van der Waals surface area contributed by atoms with Crippen molar-refractivity contribution in [1.82, 2.24) is 20.6 Å². The monoisotopic (exact) mass is 436 g/mol. The van der Waals surface area contributed by atoms with Crippen LogP contribution in [0, 0.1) is 6.92 Å². The van der Waals surface area contributed by atoms with Gasteiger partial charge in [0, 0.05) is 18.5 Å². The predicted octanol–water partition coefficient (Wildman–Crippen LogP) is 3.10. The van der Waals surface area contributed by atoms with Crippen molar-refractivity contribution in [3.63, 3.8) is 0 Å². The van der Waals surface area contributed by atoms with Gasteiger partial charge in [0.1, 0.15) is 5.69 Å². The van der Waals surface area contributed by atoms with E-state index in [0.29, 0.717) is 16.2 Å². The molecule has 1 aromatic heterocycles. The highest BCUT2D eigenvalue weighted by atomic mass is 79.9. The molecule has 0 saturated heterocycles. The van der Waals surface area contributed by atoms with Crippen molar-refractivity contribution in [1.29, 1.82) is 0 Å². The van der Waals surface area contributed by atoms with Gasteiger partial charge in [0.15, 0.2) is 5.16 Å². The molecule has 0 aliphatic heterocycles. The van der Waals surface area contributed by atoms with E-state index in [1.165, 1.54) is 17.3 Å². The average molecular weight is 437 g/mol. The minimum absolute atomic E-state index is 0.113. The fourth-order valence-electron chi connectivity index (χ4n) is 1.99. The van der Waals surface area contributed by atoms with Crippen LogP contribution in [0.3, 0.4) is 0 Å². The molecule has 0 radical (unpaired) electrons. The third kappa shape index (κ3) is 6.42. The number of hydrogen-bond donors (Lipinski definition) is 2. The zero-order valence-corrected chi connectivity index (χ0v) is 17.1. The highest BCUT2D eigenvalue weighted by Crippen LogP contribution is 2.19. The van der Waals surface area contributed by atoms with Crippen LogP contribution in [0.15, 0.2) is 40.1 Å². The fraction of sp³-hybridized carbons (Fsp3) is 0.333. The molecule has 6 nitrogen and oxygen atoms in total. The summed E-state index contributed by atoms with van der Waals surface area (Å²) in [4.78, 5) is 32.6. The number of rotatable bonds is 8. The summed E-state index contributed by atoms with van der Waals surface area (Å²) in [6.45, 7) is 4.38. The van der Waals surface area contributed by atoms with E-state index >= 15 is 0 Å². The second kappa shape index (κ2) is 10.3. The number of halogens is 1. The number of carbonyl (C=O) groups is 2. The molecule has 0 fully saturated rings. The maximum atomic E-state index is 12.3. The summed E-state index contributed by atoms with van der Waals surface area (Å²) in [6.07, 6.45) is 2.55. The zero-order chi connectivity index (χ0) is 18.9. The molecule has 0 atom stereocenters. The molecule has 1 aromatic carbocycles. The quantitative estimate of drug-likeness (QED) is 0.490. The molecule has 0 spiro atoms. The molecular weight excluding hydrogens is 416 g/mol. The van der Waals surface area contributed by atoms with E-state index in [2.05, 4.69) is 43.5 Å². The molecule has 2 aromatic rings. The Morgan fingerprint density at radius 3 is 2.62 bits per heavy atom. The Morgan fingerprint density at radius 1 is 1.19 bits per heavy atom. The zero-order valence-electron chi connectivity index (χ0n) is 14.7. The van der Waals surface area contributed by atoms with Gasteiger partial charge in [-0.1, -0.05) is 48.5 Å². The molecule has 0 bridgehead atoms. The second-order valence-corrected chi connectivity index (χ2v) is 7.56. The Bertz CT molecular complexity index is 768. The van der Waals surface area contributed by atoms with E-state index in [1.54, 1.807) is 6.20 Å². The molecule has 8 heteroatoms. The smallest absolute Gasteiger partial charge is 0.271 e. The van der Waals surface area contributed by atoms with Crippen molar-refractivity contribution in [2.75, 3.05) is 12.3 Å². The van der Waals surface area contributed by atoms with Gasteiger partial charge in [-0.25, -0.2) is 9.97 Å². The first-order valence-corrected chi connectivity index (χ1v) is 10.0. The number of thioether (sulfide) groups is 1. The van der Waals surface area contributed by atoms with Gasteiger partial charge >= 0.3 is 0 Å².